The first-order chi connectivity index (χ1) is 9.74. The molecule has 1 N–H and O–H groups in total. The molecule has 1 aromatic carbocycles. The van der Waals surface area contributed by atoms with Crippen molar-refractivity contribution in [3.63, 3.8) is 0 Å². The number of aromatic amines is 1. The standard InChI is InChI=1S/C13H9FN4OS/c14-10-5-3-9(4-6-10)8-15-18-12(16-17-13(18)20)11-2-1-7-19-11/h1-8H,(H,17,20)/b15-8+. The molecule has 0 saturated heterocycles. The van der Waals surface area contributed by atoms with Gasteiger partial charge in [0.2, 0.25) is 10.6 Å². The summed E-state index contributed by atoms with van der Waals surface area (Å²) >= 11 is 5.11. The second-order valence-electron chi connectivity index (χ2n) is 3.94. The Kier molecular flexibility index (Phi) is 3.26. The van der Waals surface area contributed by atoms with Crippen LogP contribution in [0.1, 0.15) is 5.56 Å². The maximum Gasteiger partial charge on any atom is 0.219 e. The van der Waals surface area contributed by atoms with E-state index in [2.05, 4.69) is 15.3 Å². The Labute approximate surface area is 118 Å². The third-order valence-corrected chi connectivity index (χ3v) is 2.85. The van der Waals surface area contributed by atoms with Crippen molar-refractivity contribution in [1.29, 1.82) is 0 Å². The minimum Gasteiger partial charge on any atom is -0.461 e. The molecule has 3 rings (SSSR count). The Morgan fingerprint density at radius 1 is 1.30 bits per heavy atom. The maximum absolute atomic E-state index is 12.8. The van der Waals surface area contributed by atoms with Crippen molar-refractivity contribution in [2.24, 2.45) is 5.10 Å². The van der Waals surface area contributed by atoms with E-state index in [1.807, 2.05) is 0 Å². The van der Waals surface area contributed by atoms with Crippen LogP contribution in [0.5, 0.6) is 0 Å². The molecule has 0 saturated carbocycles. The van der Waals surface area contributed by atoms with Crippen LogP contribution >= 0.6 is 12.2 Å². The minimum atomic E-state index is -0.293. The van der Waals surface area contributed by atoms with Gasteiger partial charge in [0, 0.05) is 0 Å². The topological polar surface area (TPSA) is 59.1 Å². The van der Waals surface area contributed by atoms with Crippen LogP contribution in [0, 0.1) is 10.6 Å². The Morgan fingerprint density at radius 3 is 2.80 bits per heavy atom. The average molecular weight is 288 g/mol. The first-order valence-electron chi connectivity index (χ1n) is 5.75. The van der Waals surface area contributed by atoms with E-state index in [0.717, 1.165) is 5.56 Å². The lowest BCUT2D eigenvalue weighted by atomic mass is 10.2. The number of H-pyrrole nitrogens is 1. The first-order valence-corrected chi connectivity index (χ1v) is 6.16. The van der Waals surface area contributed by atoms with Crippen molar-refractivity contribution in [1.82, 2.24) is 14.9 Å². The van der Waals surface area contributed by atoms with E-state index in [1.165, 1.54) is 16.8 Å². The molecule has 20 heavy (non-hydrogen) atoms. The lowest BCUT2D eigenvalue weighted by Crippen LogP contribution is -1.94. The largest absolute Gasteiger partial charge is 0.461 e. The number of aromatic nitrogens is 3. The van der Waals surface area contributed by atoms with Gasteiger partial charge in [0.25, 0.3) is 0 Å². The van der Waals surface area contributed by atoms with Crippen LogP contribution in [-0.4, -0.2) is 21.1 Å². The molecule has 0 aliphatic carbocycles. The minimum absolute atomic E-state index is 0.293. The quantitative estimate of drug-likeness (QED) is 0.594. The van der Waals surface area contributed by atoms with Crippen LogP contribution in [0.15, 0.2) is 52.2 Å². The van der Waals surface area contributed by atoms with Crippen molar-refractivity contribution >= 4 is 18.4 Å². The molecule has 0 amide bonds. The van der Waals surface area contributed by atoms with E-state index in [4.69, 9.17) is 16.6 Å². The second kappa shape index (κ2) is 5.22. The van der Waals surface area contributed by atoms with Crippen LogP contribution < -0.4 is 0 Å². The Hall–Kier alpha value is -2.54. The zero-order valence-corrected chi connectivity index (χ0v) is 11.0. The van der Waals surface area contributed by atoms with Crippen molar-refractivity contribution in [2.75, 3.05) is 0 Å². The molecule has 0 bridgehead atoms. The fourth-order valence-corrected chi connectivity index (χ4v) is 1.82. The maximum atomic E-state index is 12.8. The zero-order chi connectivity index (χ0) is 13.9. The highest BCUT2D eigenvalue weighted by Crippen LogP contribution is 2.17. The van der Waals surface area contributed by atoms with E-state index >= 15 is 0 Å². The summed E-state index contributed by atoms with van der Waals surface area (Å²) in [6.45, 7) is 0. The van der Waals surface area contributed by atoms with E-state index in [-0.39, 0.29) is 5.82 Å². The number of furan rings is 1. The van der Waals surface area contributed by atoms with Crippen LogP contribution in [0.2, 0.25) is 0 Å². The lowest BCUT2D eigenvalue weighted by Gasteiger charge is -1.97. The van der Waals surface area contributed by atoms with Crippen molar-refractivity contribution in [2.45, 2.75) is 0 Å². The molecule has 0 radical (unpaired) electrons. The van der Waals surface area contributed by atoms with Crippen LogP contribution in [0.4, 0.5) is 4.39 Å². The third kappa shape index (κ3) is 2.43. The molecular formula is C13H9FN4OS. The lowest BCUT2D eigenvalue weighted by molar-refractivity contribution is 0.573. The molecule has 2 heterocycles. The van der Waals surface area contributed by atoms with Gasteiger partial charge in [-0.15, -0.1) is 5.10 Å². The van der Waals surface area contributed by atoms with E-state index < -0.39 is 0 Å². The van der Waals surface area contributed by atoms with Gasteiger partial charge in [0.1, 0.15) is 5.82 Å². The van der Waals surface area contributed by atoms with Crippen LogP contribution in [0.25, 0.3) is 11.6 Å². The van der Waals surface area contributed by atoms with Gasteiger partial charge in [-0.1, -0.05) is 12.1 Å². The highest BCUT2D eigenvalue weighted by atomic mass is 32.1. The number of benzene rings is 1. The van der Waals surface area contributed by atoms with Crippen molar-refractivity contribution in [3.8, 4) is 11.6 Å². The molecule has 0 atom stereocenters. The average Bonchev–Trinajstić information content (AvgIpc) is 3.08. The SMILES string of the molecule is Fc1ccc(/C=N/n2c(-c3ccco3)n[nH]c2=S)cc1. The summed E-state index contributed by atoms with van der Waals surface area (Å²) in [5.74, 6) is 0.727. The Morgan fingerprint density at radius 2 is 2.10 bits per heavy atom. The highest BCUT2D eigenvalue weighted by molar-refractivity contribution is 7.71. The van der Waals surface area contributed by atoms with Gasteiger partial charge in [0.15, 0.2) is 5.76 Å². The molecule has 7 heteroatoms. The van der Waals surface area contributed by atoms with Gasteiger partial charge in [-0.05, 0) is 42.0 Å². The number of nitrogens with one attached hydrogen (secondary N) is 1. The molecule has 5 nitrogen and oxygen atoms in total. The molecule has 0 aliphatic heterocycles. The molecular weight excluding hydrogens is 279 g/mol. The second-order valence-corrected chi connectivity index (χ2v) is 4.32. The van der Waals surface area contributed by atoms with Gasteiger partial charge in [0.05, 0.1) is 12.5 Å². The monoisotopic (exact) mass is 288 g/mol. The Bertz CT molecular complexity index is 787. The summed E-state index contributed by atoms with van der Waals surface area (Å²) in [6, 6.07) is 9.48. The van der Waals surface area contributed by atoms with E-state index in [9.17, 15) is 4.39 Å². The summed E-state index contributed by atoms with van der Waals surface area (Å²) in [6.07, 6.45) is 3.11. The molecule has 2 aromatic heterocycles. The summed E-state index contributed by atoms with van der Waals surface area (Å²) in [4.78, 5) is 0. The van der Waals surface area contributed by atoms with Crippen molar-refractivity contribution in [3.05, 3.63) is 58.8 Å². The van der Waals surface area contributed by atoms with E-state index in [1.54, 1.807) is 36.7 Å². The normalized spacial score (nSPS) is 11.2. The molecule has 0 fully saturated rings. The van der Waals surface area contributed by atoms with Crippen LogP contribution in [-0.2, 0) is 0 Å². The van der Waals surface area contributed by atoms with Crippen molar-refractivity contribution < 1.29 is 8.81 Å². The zero-order valence-electron chi connectivity index (χ0n) is 10.2. The van der Waals surface area contributed by atoms with Gasteiger partial charge in [-0.25, -0.2) is 9.49 Å². The predicted octanol–water partition coefficient (Wildman–Crippen LogP) is 3.22. The first kappa shape index (κ1) is 12.5. The van der Waals surface area contributed by atoms with E-state index in [0.29, 0.717) is 16.4 Å². The van der Waals surface area contributed by atoms with Crippen LogP contribution in [0.3, 0.4) is 0 Å². The molecule has 0 aliphatic rings. The number of nitrogens with zero attached hydrogens (tertiary/aromatic N) is 3. The van der Waals surface area contributed by atoms with Gasteiger partial charge in [-0.2, -0.15) is 9.78 Å². The highest BCUT2D eigenvalue weighted by Gasteiger charge is 2.10. The number of hydrogen-bond donors (Lipinski definition) is 1. The fraction of sp³-hybridized carbons (Fsp3) is 0. The number of rotatable bonds is 3. The Balaban J connectivity index is 1.97. The summed E-state index contributed by atoms with van der Waals surface area (Å²) in [5.41, 5.74) is 0.750. The van der Waals surface area contributed by atoms with Gasteiger partial charge < -0.3 is 4.42 Å². The number of halogens is 1. The molecule has 100 valence electrons. The summed E-state index contributed by atoms with van der Waals surface area (Å²) in [5, 5.41) is 10.9. The third-order valence-electron chi connectivity index (χ3n) is 2.58. The van der Waals surface area contributed by atoms with Gasteiger partial charge >= 0.3 is 0 Å². The smallest absolute Gasteiger partial charge is 0.219 e. The fourth-order valence-electron chi connectivity index (χ4n) is 1.64. The molecule has 3 aromatic rings. The van der Waals surface area contributed by atoms with Gasteiger partial charge in [-0.3, -0.25) is 0 Å². The summed E-state index contributed by atoms with van der Waals surface area (Å²) in [7, 11) is 0. The molecule has 0 unspecified atom stereocenters. The molecule has 0 spiro atoms. The summed E-state index contributed by atoms with van der Waals surface area (Å²) < 4.78 is 19.9. The number of hydrogen-bond acceptors (Lipinski definition) is 4. The predicted molar refractivity (Wildman–Crippen MR) is 74.5 cm³/mol.